The van der Waals surface area contributed by atoms with Gasteiger partial charge in [-0.1, -0.05) is 0 Å². The van der Waals surface area contributed by atoms with Crippen molar-refractivity contribution in [3.63, 3.8) is 0 Å². The second-order valence-electron chi connectivity index (χ2n) is 10.8. The van der Waals surface area contributed by atoms with Crippen molar-refractivity contribution in [2.45, 2.75) is 88.9 Å². The van der Waals surface area contributed by atoms with Crippen molar-refractivity contribution in [2.75, 3.05) is 45.9 Å². The van der Waals surface area contributed by atoms with E-state index in [9.17, 15) is 4.79 Å². The minimum Gasteiger partial charge on any atom is -0.379 e. The van der Waals surface area contributed by atoms with Crippen LogP contribution in [0.3, 0.4) is 0 Å². The van der Waals surface area contributed by atoms with E-state index in [0.717, 1.165) is 64.6 Å². The molecule has 4 N–H and O–H groups in total. The fourth-order valence-corrected chi connectivity index (χ4v) is 6.74. The Labute approximate surface area is 198 Å². The fraction of sp³-hybridized carbons (Fsp3) is 0.958. The molecule has 5 fully saturated rings. The van der Waals surface area contributed by atoms with E-state index >= 15 is 0 Å². The smallest absolute Gasteiger partial charge is 0.217 e. The van der Waals surface area contributed by atoms with Gasteiger partial charge in [0.05, 0.1) is 31.6 Å². The van der Waals surface area contributed by atoms with E-state index in [1.54, 1.807) is 6.92 Å². The van der Waals surface area contributed by atoms with Gasteiger partial charge in [0.2, 0.25) is 5.91 Å². The van der Waals surface area contributed by atoms with Crippen molar-refractivity contribution in [1.29, 1.82) is 0 Å². The molecule has 5 unspecified atom stereocenters. The maximum atomic E-state index is 11.3. The van der Waals surface area contributed by atoms with Crippen LogP contribution in [0.25, 0.3) is 0 Å². The quantitative estimate of drug-likeness (QED) is 0.454. The summed E-state index contributed by atoms with van der Waals surface area (Å²) < 4.78 is 5.54. The predicted octanol–water partition coefficient (Wildman–Crippen LogP) is 0.580. The van der Waals surface area contributed by atoms with Crippen molar-refractivity contribution in [3.8, 4) is 0 Å². The van der Waals surface area contributed by atoms with Crippen LogP contribution in [0.2, 0.25) is 0 Å². The first kappa shape index (κ1) is 23.9. The summed E-state index contributed by atoms with van der Waals surface area (Å²) in [5.74, 6) is 1.41. The van der Waals surface area contributed by atoms with Crippen LogP contribution < -0.4 is 21.4 Å². The van der Waals surface area contributed by atoms with Gasteiger partial charge in [-0.3, -0.25) is 24.7 Å². The molecular formula is C24H44N6O3. The van der Waals surface area contributed by atoms with Crippen LogP contribution in [-0.4, -0.2) is 92.3 Å². The van der Waals surface area contributed by atoms with Crippen LogP contribution in [0.4, 0.5) is 0 Å². The third-order valence-corrected chi connectivity index (χ3v) is 8.56. The molecule has 4 heterocycles. The lowest BCUT2D eigenvalue weighted by atomic mass is 9.85. The van der Waals surface area contributed by atoms with Gasteiger partial charge in [-0.15, -0.1) is 0 Å². The van der Waals surface area contributed by atoms with Gasteiger partial charge >= 0.3 is 0 Å². The van der Waals surface area contributed by atoms with Crippen LogP contribution >= 0.6 is 0 Å². The number of ether oxygens (including phenoxy) is 1. The van der Waals surface area contributed by atoms with Gasteiger partial charge in [-0.05, 0) is 76.3 Å². The molecule has 1 amide bonds. The first-order valence-corrected chi connectivity index (χ1v) is 13.4. The summed E-state index contributed by atoms with van der Waals surface area (Å²) in [5, 5.41) is 10.7. The molecule has 188 valence electrons. The van der Waals surface area contributed by atoms with Crippen LogP contribution in [0.5, 0.6) is 0 Å². The lowest BCUT2D eigenvalue weighted by molar-refractivity contribution is -0.119. The molecule has 0 aromatic carbocycles. The summed E-state index contributed by atoms with van der Waals surface area (Å²) in [6.45, 7) is 8.78. The summed E-state index contributed by atoms with van der Waals surface area (Å²) in [4.78, 5) is 22.7. The molecule has 0 bridgehead atoms. The Morgan fingerprint density at radius 3 is 2.67 bits per heavy atom. The van der Waals surface area contributed by atoms with Gasteiger partial charge in [0.25, 0.3) is 0 Å². The van der Waals surface area contributed by atoms with Gasteiger partial charge in [-0.25, -0.2) is 0 Å². The molecule has 33 heavy (non-hydrogen) atoms. The minimum absolute atomic E-state index is 0.0740. The Morgan fingerprint density at radius 1 is 1.06 bits per heavy atom. The molecule has 4 aliphatic heterocycles. The fourth-order valence-electron chi connectivity index (χ4n) is 6.74. The Morgan fingerprint density at radius 2 is 1.88 bits per heavy atom. The average molecular weight is 465 g/mol. The molecule has 9 heteroatoms. The van der Waals surface area contributed by atoms with E-state index in [-0.39, 0.29) is 18.3 Å². The molecule has 4 saturated heterocycles. The van der Waals surface area contributed by atoms with Crippen LogP contribution in [-0.2, 0) is 14.4 Å². The van der Waals surface area contributed by atoms with Gasteiger partial charge in [0.1, 0.15) is 6.23 Å². The van der Waals surface area contributed by atoms with Crippen molar-refractivity contribution in [1.82, 2.24) is 31.2 Å². The second-order valence-corrected chi connectivity index (χ2v) is 10.8. The zero-order valence-electron chi connectivity index (χ0n) is 20.3. The predicted molar refractivity (Wildman–Crippen MR) is 126 cm³/mol. The molecule has 1 aliphatic carbocycles. The lowest BCUT2D eigenvalue weighted by Gasteiger charge is -2.41. The van der Waals surface area contributed by atoms with E-state index in [1.165, 1.54) is 38.6 Å². The number of hydroxylamine groups is 1. The number of likely N-dealkylation sites (tertiary alicyclic amines) is 1. The Hall–Kier alpha value is -0.810. The Balaban J connectivity index is 1.09. The number of carbonyl (C=O) groups excluding carboxylic acids is 1. The highest BCUT2D eigenvalue weighted by Crippen LogP contribution is 2.31. The number of amides is 1. The maximum absolute atomic E-state index is 11.3. The van der Waals surface area contributed by atoms with Crippen LogP contribution in [0.1, 0.15) is 58.3 Å². The summed E-state index contributed by atoms with van der Waals surface area (Å²) >= 11 is 0. The zero-order chi connectivity index (χ0) is 22.6. The van der Waals surface area contributed by atoms with Gasteiger partial charge in [0, 0.05) is 32.6 Å². The third kappa shape index (κ3) is 6.07. The molecule has 0 radical (unpaired) electrons. The number of nitrogens with one attached hydrogen (secondary N) is 4. The van der Waals surface area contributed by atoms with Crippen molar-refractivity contribution in [3.05, 3.63) is 0 Å². The Kier molecular flexibility index (Phi) is 8.18. The molecule has 0 aromatic heterocycles. The highest BCUT2D eigenvalue weighted by molar-refractivity contribution is 5.73. The zero-order valence-corrected chi connectivity index (χ0v) is 20.3. The summed E-state index contributed by atoms with van der Waals surface area (Å²) in [5.41, 5.74) is 3.38. The number of piperidine rings is 1. The van der Waals surface area contributed by atoms with E-state index in [4.69, 9.17) is 9.57 Å². The van der Waals surface area contributed by atoms with E-state index in [0.29, 0.717) is 24.2 Å². The molecule has 5 aliphatic rings. The molecular weight excluding hydrogens is 420 g/mol. The first-order chi connectivity index (χ1) is 16.2. The first-order valence-electron chi connectivity index (χ1n) is 13.4. The Bertz CT molecular complexity index is 640. The summed E-state index contributed by atoms with van der Waals surface area (Å²) in [7, 11) is 0. The van der Waals surface area contributed by atoms with Gasteiger partial charge in [0.15, 0.2) is 0 Å². The van der Waals surface area contributed by atoms with Crippen LogP contribution in [0.15, 0.2) is 0 Å². The highest BCUT2D eigenvalue weighted by Gasteiger charge is 2.42. The van der Waals surface area contributed by atoms with Crippen molar-refractivity contribution >= 4 is 5.91 Å². The number of hydrogen-bond acceptors (Lipinski definition) is 8. The average Bonchev–Trinajstić information content (AvgIpc) is 3.50. The summed E-state index contributed by atoms with van der Waals surface area (Å²) in [6.07, 6.45) is 10.2. The number of carbonyl (C=O) groups is 1. The molecule has 5 rings (SSSR count). The largest absolute Gasteiger partial charge is 0.379 e. The minimum atomic E-state index is 0.0740. The standard InChI is InChI=1S/C24H44N6O3/c1-17(31)26-20-6-4-18(5-7-20)16-30-10-2-3-21(30)24-27-23(28-33-24)19-8-9-25-22(15-19)29-11-13-32-14-12-29/h18-25,27-28H,2-16H2,1H3,(H,26,31). The van der Waals surface area contributed by atoms with Gasteiger partial charge < -0.3 is 15.4 Å². The molecule has 0 spiro atoms. The SMILES string of the molecule is CC(=O)NC1CCC(CN2CCCC2C2NC(C3CCNC(N4CCOCC4)C3)NO2)CC1. The van der Waals surface area contributed by atoms with E-state index in [2.05, 4.69) is 31.2 Å². The topological polar surface area (TPSA) is 90.1 Å². The van der Waals surface area contributed by atoms with Gasteiger partial charge in [-0.2, -0.15) is 5.48 Å². The number of morpholine rings is 1. The monoisotopic (exact) mass is 464 g/mol. The number of rotatable bonds is 6. The lowest BCUT2D eigenvalue weighted by Crippen LogP contribution is -2.57. The molecule has 5 atom stereocenters. The maximum Gasteiger partial charge on any atom is 0.217 e. The van der Waals surface area contributed by atoms with Crippen molar-refractivity contribution < 1.29 is 14.4 Å². The molecule has 9 nitrogen and oxygen atoms in total. The second kappa shape index (κ2) is 11.3. The van der Waals surface area contributed by atoms with E-state index in [1.807, 2.05) is 0 Å². The summed E-state index contributed by atoms with van der Waals surface area (Å²) in [6, 6.07) is 0.830. The molecule has 0 aromatic rings. The number of nitrogens with zero attached hydrogens (tertiary/aromatic N) is 2. The normalized spacial score (nSPS) is 41.3. The van der Waals surface area contributed by atoms with E-state index < -0.39 is 0 Å². The molecule has 1 saturated carbocycles. The highest BCUT2D eigenvalue weighted by atomic mass is 16.7. The van der Waals surface area contributed by atoms with Crippen LogP contribution in [0, 0.1) is 11.8 Å². The van der Waals surface area contributed by atoms with Crippen molar-refractivity contribution in [2.24, 2.45) is 11.8 Å². The number of hydrogen-bond donors (Lipinski definition) is 4. The third-order valence-electron chi connectivity index (χ3n) is 8.56.